The molecule has 1 aliphatic rings. The van der Waals surface area contributed by atoms with Crippen LogP contribution in [0.15, 0.2) is 53.2 Å². The van der Waals surface area contributed by atoms with E-state index in [4.69, 9.17) is 11.6 Å². The maximum Gasteiger partial charge on any atom is 0.244 e. The van der Waals surface area contributed by atoms with Gasteiger partial charge in [0.25, 0.3) is 0 Å². The first-order valence-electron chi connectivity index (χ1n) is 6.27. The van der Waals surface area contributed by atoms with Gasteiger partial charge in [-0.2, -0.15) is 0 Å². The molecule has 0 atom stereocenters. The number of rotatable bonds is 2. The SMILES string of the molecule is O=C1SC(c2cc(I)ccc2Cl)=N/C1=C/c1ccccc1I. The molecule has 0 N–H and O–H groups in total. The van der Waals surface area contributed by atoms with Crippen molar-refractivity contribution in [3.05, 3.63) is 71.5 Å². The molecule has 2 nitrogen and oxygen atoms in total. The number of benzene rings is 2. The fraction of sp³-hybridized carbons (Fsp3) is 0. The molecular formula is C16H8ClI2NOS. The quantitative estimate of drug-likeness (QED) is 0.359. The Morgan fingerprint density at radius 3 is 2.68 bits per heavy atom. The van der Waals surface area contributed by atoms with Crippen molar-refractivity contribution >= 4 is 84.8 Å². The summed E-state index contributed by atoms with van der Waals surface area (Å²) >= 11 is 11.8. The summed E-state index contributed by atoms with van der Waals surface area (Å²) in [6.45, 7) is 0. The molecule has 0 amide bonds. The van der Waals surface area contributed by atoms with Crippen LogP contribution >= 0.6 is 68.5 Å². The second kappa shape index (κ2) is 7.02. The van der Waals surface area contributed by atoms with Gasteiger partial charge in [0.15, 0.2) is 0 Å². The lowest BCUT2D eigenvalue weighted by molar-refractivity contribution is -0.107. The van der Waals surface area contributed by atoms with Crippen LogP contribution in [0.25, 0.3) is 6.08 Å². The van der Waals surface area contributed by atoms with Crippen molar-refractivity contribution in [1.29, 1.82) is 0 Å². The summed E-state index contributed by atoms with van der Waals surface area (Å²) in [7, 11) is 0. The van der Waals surface area contributed by atoms with Crippen LogP contribution < -0.4 is 0 Å². The van der Waals surface area contributed by atoms with Gasteiger partial charge in [-0.1, -0.05) is 29.8 Å². The van der Waals surface area contributed by atoms with Crippen LogP contribution in [0.3, 0.4) is 0 Å². The predicted octanol–water partition coefficient (Wildman–Crippen LogP) is 5.61. The lowest BCUT2D eigenvalue weighted by atomic mass is 10.2. The van der Waals surface area contributed by atoms with Crippen LogP contribution in [0.5, 0.6) is 0 Å². The van der Waals surface area contributed by atoms with Gasteiger partial charge in [0.2, 0.25) is 5.12 Å². The molecule has 0 spiro atoms. The maximum absolute atomic E-state index is 12.2. The number of nitrogens with zero attached hydrogens (tertiary/aromatic N) is 1. The Morgan fingerprint density at radius 2 is 1.91 bits per heavy atom. The van der Waals surface area contributed by atoms with E-state index in [0.29, 0.717) is 15.8 Å². The minimum atomic E-state index is -0.0513. The predicted molar refractivity (Wildman–Crippen MR) is 110 cm³/mol. The molecule has 1 aliphatic heterocycles. The van der Waals surface area contributed by atoms with E-state index in [0.717, 1.165) is 30.0 Å². The fourth-order valence-corrected chi connectivity index (χ4v) is 4.03. The highest BCUT2D eigenvalue weighted by molar-refractivity contribution is 14.1. The summed E-state index contributed by atoms with van der Waals surface area (Å²) in [6, 6.07) is 13.6. The Morgan fingerprint density at radius 1 is 1.14 bits per heavy atom. The molecule has 0 saturated carbocycles. The lowest BCUT2D eigenvalue weighted by Crippen LogP contribution is -1.95. The third-order valence-electron chi connectivity index (χ3n) is 2.98. The van der Waals surface area contributed by atoms with Gasteiger partial charge in [0.1, 0.15) is 10.7 Å². The van der Waals surface area contributed by atoms with Crippen molar-refractivity contribution in [3.63, 3.8) is 0 Å². The van der Waals surface area contributed by atoms with E-state index in [1.54, 1.807) is 0 Å². The standard InChI is InChI=1S/C16H8ClI2NOS/c17-12-6-5-10(18)8-11(12)15-20-14(16(21)22-15)7-9-3-1-2-4-13(9)19/h1-8H/b14-7+. The highest BCUT2D eigenvalue weighted by atomic mass is 127. The van der Waals surface area contributed by atoms with Gasteiger partial charge in [0, 0.05) is 12.7 Å². The minimum absolute atomic E-state index is 0.0513. The topological polar surface area (TPSA) is 29.4 Å². The molecule has 110 valence electrons. The minimum Gasteiger partial charge on any atom is -0.279 e. The van der Waals surface area contributed by atoms with Crippen molar-refractivity contribution in [2.24, 2.45) is 4.99 Å². The second-order valence-corrected chi connectivity index (χ2v) is 8.26. The molecular weight excluding hydrogens is 544 g/mol. The Hall–Kier alpha value is -0.380. The van der Waals surface area contributed by atoms with Crippen molar-refractivity contribution < 1.29 is 4.79 Å². The van der Waals surface area contributed by atoms with E-state index < -0.39 is 0 Å². The molecule has 2 aromatic rings. The average Bonchev–Trinajstić information content (AvgIpc) is 2.85. The number of halogens is 3. The molecule has 3 rings (SSSR count). The molecule has 2 aromatic carbocycles. The van der Waals surface area contributed by atoms with E-state index >= 15 is 0 Å². The van der Waals surface area contributed by atoms with Crippen LogP contribution in [0.4, 0.5) is 0 Å². The van der Waals surface area contributed by atoms with Crippen molar-refractivity contribution in [2.75, 3.05) is 0 Å². The Balaban J connectivity index is 2.02. The van der Waals surface area contributed by atoms with E-state index in [9.17, 15) is 4.79 Å². The first-order chi connectivity index (χ1) is 10.5. The average molecular weight is 552 g/mol. The number of carbonyl (C=O) groups excluding carboxylic acids is 1. The first-order valence-corrected chi connectivity index (χ1v) is 9.62. The third kappa shape index (κ3) is 3.58. The summed E-state index contributed by atoms with van der Waals surface area (Å²) in [5, 5.41) is 1.21. The zero-order valence-corrected chi connectivity index (χ0v) is 16.9. The maximum atomic E-state index is 12.2. The van der Waals surface area contributed by atoms with Crippen LogP contribution in [0, 0.1) is 7.14 Å². The van der Waals surface area contributed by atoms with E-state index in [2.05, 4.69) is 50.2 Å². The van der Waals surface area contributed by atoms with Crippen molar-refractivity contribution in [1.82, 2.24) is 0 Å². The molecule has 22 heavy (non-hydrogen) atoms. The Bertz CT molecular complexity index is 833. The number of aliphatic imine (C=N–C) groups is 1. The number of hydrogen-bond acceptors (Lipinski definition) is 3. The van der Waals surface area contributed by atoms with Crippen LogP contribution in [-0.2, 0) is 4.79 Å². The summed E-state index contributed by atoms with van der Waals surface area (Å²) in [5.41, 5.74) is 2.25. The van der Waals surface area contributed by atoms with Gasteiger partial charge in [-0.3, -0.25) is 4.79 Å². The van der Waals surface area contributed by atoms with E-state index in [1.807, 2.05) is 48.5 Å². The van der Waals surface area contributed by atoms with Crippen molar-refractivity contribution in [2.45, 2.75) is 0 Å². The van der Waals surface area contributed by atoms with Gasteiger partial charge in [-0.05, 0) is 92.8 Å². The lowest BCUT2D eigenvalue weighted by Gasteiger charge is -2.02. The highest BCUT2D eigenvalue weighted by Crippen LogP contribution is 2.33. The summed E-state index contributed by atoms with van der Waals surface area (Å²) in [5.74, 6) is 0. The third-order valence-corrected chi connectivity index (χ3v) is 5.86. The van der Waals surface area contributed by atoms with Crippen molar-refractivity contribution in [3.8, 4) is 0 Å². The molecule has 0 bridgehead atoms. The van der Waals surface area contributed by atoms with Gasteiger partial charge in [-0.25, -0.2) is 4.99 Å². The molecule has 0 aromatic heterocycles. The number of hydrogen-bond donors (Lipinski definition) is 0. The Labute approximate surface area is 164 Å². The summed E-state index contributed by atoms with van der Waals surface area (Å²) in [4.78, 5) is 16.7. The molecule has 0 saturated heterocycles. The largest absolute Gasteiger partial charge is 0.279 e. The first kappa shape index (κ1) is 16.5. The Kier molecular flexibility index (Phi) is 5.26. The van der Waals surface area contributed by atoms with Gasteiger partial charge in [-0.15, -0.1) is 0 Å². The zero-order chi connectivity index (χ0) is 15.7. The molecule has 0 aliphatic carbocycles. The van der Waals surface area contributed by atoms with E-state index in [1.165, 1.54) is 0 Å². The van der Waals surface area contributed by atoms with E-state index in [-0.39, 0.29) is 5.12 Å². The van der Waals surface area contributed by atoms with Crippen LogP contribution in [-0.4, -0.2) is 10.2 Å². The number of carbonyl (C=O) groups is 1. The number of thioether (sulfide) groups is 1. The summed E-state index contributed by atoms with van der Waals surface area (Å²) < 4.78 is 2.14. The summed E-state index contributed by atoms with van der Waals surface area (Å²) in [6.07, 6.45) is 1.83. The van der Waals surface area contributed by atoms with Crippen LogP contribution in [0.1, 0.15) is 11.1 Å². The van der Waals surface area contributed by atoms with Gasteiger partial charge < -0.3 is 0 Å². The van der Waals surface area contributed by atoms with Gasteiger partial charge in [0.05, 0.1) is 5.02 Å². The van der Waals surface area contributed by atoms with Crippen LogP contribution in [0.2, 0.25) is 5.02 Å². The molecule has 1 heterocycles. The second-order valence-electron chi connectivity index (χ2n) is 4.48. The van der Waals surface area contributed by atoms with Gasteiger partial charge >= 0.3 is 0 Å². The molecule has 6 heteroatoms. The monoisotopic (exact) mass is 551 g/mol. The molecule has 0 fully saturated rings. The zero-order valence-electron chi connectivity index (χ0n) is 11.0. The molecule has 0 unspecified atom stereocenters. The highest BCUT2D eigenvalue weighted by Gasteiger charge is 2.25. The fourth-order valence-electron chi connectivity index (χ4n) is 1.93. The molecule has 0 radical (unpaired) electrons. The normalized spacial score (nSPS) is 16.2. The smallest absolute Gasteiger partial charge is 0.244 e.